The first-order valence-electron chi connectivity index (χ1n) is 10.6. The highest BCUT2D eigenvalue weighted by atomic mass is 16.7. The summed E-state index contributed by atoms with van der Waals surface area (Å²) in [7, 11) is 1.64. The molecule has 1 heterocycles. The summed E-state index contributed by atoms with van der Waals surface area (Å²) < 4.78 is 22.8. The van der Waals surface area contributed by atoms with E-state index in [9.17, 15) is 4.79 Å². The molecule has 1 aliphatic rings. The van der Waals surface area contributed by atoms with Gasteiger partial charge in [0, 0.05) is 17.6 Å². The van der Waals surface area contributed by atoms with Crippen LogP contribution >= 0.6 is 0 Å². The van der Waals surface area contributed by atoms with Gasteiger partial charge < -0.3 is 18.9 Å². The zero-order valence-corrected chi connectivity index (χ0v) is 18.3. The number of carbonyl (C=O) groups excluding carboxylic acids is 1. The van der Waals surface area contributed by atoms with Gasteiger partial charge in [0.05, 0.1) is 25.9 Å². The minimum absolute atomic E-state index is 0.0984. The topological polar surface area (TPSA) is 54.0 Å². The molecule has 1 fully saturated rings. The molecule has 5 heteroatoms. The van der Waals surface area contributed by atoms with E-state index in [1.807, 2.05) is 48.5 Å². The van der Waals surface area contributed by atoms with E-state index in [0.717, 1.165) is 16.9 Å². The molecule has 0 saturated carbocycles. The monoisotopic (exact) mass is 422 g/mol. The minimum Gasteiger partial charge on any atom is -0.497 e. The van der Waals surface area contributed by atoms with Gasteiger partial charge in [-0.1, -0.05) is 67.6 Å². The Labute approximate surface area is 184 Å². The lowest BCUT2D eigenvalue weighted by molar-refractivity contribution is -0.258. The second-order valence-electron chi connectivity index (χ2n) is 7.40. The third-order valence-corrected chi connectivity index (χ3v) is 5.26. The first-order valence-corrected chi connectivity index (χ1v) is 10.6. The quantitative estimate of drug-likeness (QED) is 0.425. The predicted molar refractivity (Wildman–Crippen MR) is 121 cm³/mol. The molecule has 0 aliphatic carbocycles. The Morgan fingerprint density at radius 1 is 1.06 bits per heavy atom. The molecule has 1 aliphatic heterocycles. The summed E-state index contributed by atoms with van der Waals surface area (Å²) in [6.07, 6.45) is 7.27. The van der Waals surface area contributed by atoms with Crippen LogP contribution < -0.4 is 4.74 Å². The lowest BCUT2D eigenvalue weighted by Crippen LogP contribution is -2.40. The van der Waals surface area contributed by atoms with Gasteiger partial charge in [-0.25, -0.2) is 4.79 Å². The highest BCUT2D eigenvalue weighted by Crippen LogP contribution is 2.36. The van der Waals surface area contributed by atoms with E-state index in [-0.39, 0.29) is 24.1 Å². The van der Waals surface area contributed by atoms with Crippen molar-refractivity contribution in [2.45, 2.75) is 38.8 Å². The van der Waals surface area contributed by atoms with Crippen molar-refractivity contribution >= 4 is 12.0 Å². The van der Waals surface area contributed by atoms with Crippen molar-refractivity contribution in [2.24, 2.45) is 5.92 Å². The Hall–Kier alpha value is -2.89. The van der Waals surface area contributed by atoms with Crippen molar-refractivity contribution in [3.05, 3.63) is 84.0 Å². The molecule has 0 N–H and O–H groups in total. The fraction of sp³-hybridized carbons (Fsp3) is 0.346. The molecule has 5 nitrogen and oxygen atoms in total. The van der Waals surface area contributed by atoms with Crippen molar-refractivity contribution in [2.75, 3.05) is 13.7 Å². The normalized spacial score (nSPS) is 23.8. The van der Waals surface area contributed by atoms with E-state index in [4.69, 9.17) is 18.9 Å². The van der Waals surface area contributed by atoms with Gasteiger partial charge in [0.1, 0.15) is 5.75 Å². The number of hydrogen-bond acceptors (Lipinski definition) is 5. The number of benzene rings is 2. The molecule has 0 bridgehead atoms. The fourth-order valence-electron chi connectivity index (χ4n) is 3.46. The van der Waals surface area contributed by atoms with Crippen molar-refractivity contribution in [3.8, 4) is 5.75 Å². The van der Waals surface area contributed by atoms with Crippen molar-refractivity contribution in [1.29, 1.82) is 0 Å². The van der Waals surface area contributed by atoms with Crippen LogP contribution in [-0.2, 0) is 19.0 Å². The third-order valence-electron chi connectivity index (χ3n) is 5.26. The maximum absolute atomic E-state index is 11.6. The molecule has 3 rings (SSSR count). The van der Waals surface area contributed by atoms with Gasteiger partial charge in [-0.3, -0.25) is 0 Å². The highest BCUT2D eigenvalue weighted by Gasteiger charge is 2.35. The average molecular weight is 423 g/mol. The van der Waals surface area contributed by atoms with Gasteiger partial charge in [-0.2, -0.15) is 0 Å². The SMILES string of the molecule is CCOC(=O)/C=C/C[C@H]1O[C@@H](c2ccc(OC)cc2)O[C@@H](/C=C/c2ccccc2)[C@@H]1C. The summed E-state index contributed by atoms with van der Waals surface area (Å²) in [5, 5.41) is 0. The van der Waals surface area contributed by atoms with Gasteiger partial charge in [0.15, 0.2) is 6.29 Å². The lowest BCUT2D eigenvalue weighted by Gasteiger charge is -2.39. The van der Waals surface area contributed by atoms with Crippen molar-refractivity contribution in [3.63, 3.8) is 0 Å². The van der Waals surface area contributed by atoms with E-state index >= 15 is 0 Å². The van der Waals surface area contributed by atoms with Crippen LogP contribution in [0.3, 0.4) is 0 Å². The van der Waals surface area contributed by atoms with Crippen LogP contribution in [0, 0.1) is 5.92 Å². The zero-order valence-electron chi connectivity index (χ0n) is 18.3. The second kappa shape index (κ2) is 11.5. The van der Waals surface area contributed by atoms with Gasteiger partial charge in [-0.05, 0) is 31.0 Å². The van der Waals surface area contributed by atoms with Gasteiger partial charge >= 0.3 is 5.97 Å². The van der Waals surface area contributed by atoms with E-state index in [1.54, 1.807) is 14.0 Å². The highest BCUT2D eigenvalue weighted by molar-refractivity contribution is 5.81. The molecule has 0 spiro atoms. The zero-order chi connectivity index (χ0) is 22.1. The molecule has 2 aromatic rings. The standard InChI is InChI=1S/C26H30O5/c1-4-29-25(27)12-8-11-23-19(2)24(18-13-20-9-6-5-7-10-20)31-26(30-23)21-14-16-22(28-3)17-15-21/h5-10,12-19,23-24,26H,4,11H2,1-3H3/b12-8+,18-13+/t19-,23-,24+,26-/m1/s1. The number of rotatable bonds is 8. The summed E-state index contributed by atoms with van der Waals surface area (Å²) in [4.78, 5) is 11.6. The van der Waals surface area contributed by atoms with Gasteiger partial charge in [0.25, 0.3) is 0 Å². The number of esters is 1. The van der Waals surface area contributed by atoms with E-state index in [2.05, 4.69) is 31.2 Å². The molecule has 164 valence electrons. The molecule has 0 amide bonds. The van der Waals surface area contributed by atoms with Crippen LogP contribution in [0.15, 0.2) is 72.8 Å². The first-order chi connectivity index (χ1) is 15.1. The molecule has 4 atom stereocenters. The molecule has 31 heavy (non-hydrogen) atoms. The molecule has 2 aromatic carbocycles. The van der Waals surface area contributed by atoms with Crippen LogP contribution in [0.1, 0.15) is 37.7 Å². The maximum atomic E-state index is 11.6. The molecular formula is C26H30O5. The van der Waals surface area contributed by atoms with Crippen molar-refractivity contribution in [1.82, 2.24) is 0 Å². The van der Waals surface area contributed by atoms with Gasteiger partial charge in [0.2, 0.25) is 0 Å². The summed E-state index contributed by atoms with van der Waals surface area (Å²) in [5.74, 6) is 0.540. The summed E-state index contributed by atoms with van der Waals surface area (Å²) >= 11 is 0. The first kappa shape index (κ1) is 22.8. The third kappa shape index (κ3) is 6.54. The lowest BCUT2D eigenvalue weighted by atomic mass is 9.92. The Bertz CT molecular complexity index is 872. The Morgan fingerprint density at radius 3 is 2.48 bits per heavy atom. The molecule has 0 unspecified atom stereocenters. The van der Waals surface area contributed by atoms with Crippen LogP contribution in [0.5, 0.6) is 5.75 Å². The molecule has 0 radical (unpaired) electrons. The minimum atomic E-state index is -0.506. The molecule has 1 saturated heterocycles. The average Bonchev–Trinajstić information content (AvgIpc) is 2.80. The molecule has 0 aromatic heterocycles. The summed E-state index contributed by atoms with van der Waals surface area (Å²) in [6.45, 7) is 4.25. The Morgan fingerprint density at radius 2 is 1.81 bits per heavy atom. The maximum Gasteiger partial charge on any atom is 0.330 e. The van der Waals surface area contributed by atoms with Crippen LogP contribution in [0.2, 0.25) is 0 Å². The summed E-state index contributed by atoms with van der Waals surface area (Å²) in [6, 6.07) is 17.8. The summed E-state index contributed by atoms with van der Waals surface area (Å²) in [5.41, 5.74) is 2.04. The second-order valence-corrected chi connectivity index (χ2v) is 7.40. The predicted octanol–water partition coefficient (Wildman–Crippen LogP) is 5.34. The Balaban J connectivity index is 1.77. The van der Waals surface area contributed by atoms with Crippen LogP contribution in [0.25, 0.3) is 6.08 Å². The number of methoxy groups -OCH3 is 1. The number of hydrogen-bond donors (Lipinski definition) is 0. The largest absolute Gasteiger partial charge is 0.497 e. The van der Waals surface area contributed by atoms with Crippen LogP contribution in [-0.4, -0.2) is 31.9 Å². The van der Waals surface area contributed by atoms with Crippen LogP contribution in [0.4, 0.5) is 0 Å². The number of ether oxygens (including phenoxy) is 4. The number of carbonyl (C=O) groups is 1. The Kier molecular flexibility index (Phi) is 8.44. The van der Waals surface area contributed by atoms with E-state index in [1.165, 1.54) is 6.08 Å². The van der Waals surface area contributed by atoms with Gasteiger partial charge in [-0.15, -0.1) is 0 Å². The van der Waals surface area contributed by atoms with E-state index < -0.39 is 6.29 Å². The van der Waals surface area contributed by atoms with Crippen molar-refractivity contribution < 1.29 is 23.7 Å². The fourth-order valence-corrected chi connectivity index (χ4v) is 3.46. The smallest absolute Gasteiger partial charge is 0.330 e. The molecular weight excluding hydrogens is 392 g/mol. The van der Waals surface area contributed by atoms with E-state index in [0.29, 0.717) is 13.0 Å².